The number of hydrogen-bond acceptors (Lipinski definition) is 1. The molecule has 3 fully saturated rings. The molecule has 1 N–H and O–H groups in total. The van der Waals surface area contributed by atoms with E-state index in [1.54, 1.807) is 0 Å². The molecule has 0 amide bonds. The third-order valence-electron chi connectivity index (χ3n) is 8.84. The highest BCUT2D eigenvalue weighted by Gasteiger charge is 2.55. The number of fused-ring (bicyclic) bond motifs is 3. The Morgan fingerprint density at radius 1 is 1.07 bits per heavy atom. The molecule has 1 nitrogen and oxygen atoms in total. The molecule has 0 spiro atoms. The molecule has 0 aromatic rings. The van der Waals surface area contributed by atoms with Crippen molar-refractivity contribution >= 4 is 0 Å². The molecular formula is C26H48O. The van der Waals surface area contributed by atoms with Gasteiger partial charge < -0.3 is 5.11 Å². The van der Waals surface area contributed by atoms with Gasteiger partial charge in [-0.25, -0.2) is 0 Å². The Morgan fingerprint density at radius 2 is 1.78 bits per heavy atom. The number of aliphatic hydroxyl groups is 1. The maximum atomic E-state index is 9.77. The standard InChI is InChI=1S/C20H36O.C6H12/c1-14-7-8-16-17-6-5-11-19(17,3)12-10-18(16)20(14,4)13-9-15(2)21;1-4-5-6(2)3/h14-18,21H,5-13H2,1-4H3;5H,4H2,1-3H3. The quantitative estimate of drug-likeness (QED) is 0.497. The van der Waals surface area contributed by atoms with Gasteiger partial charge in [0.2, 0.25) is 0 Å². The second-order valence-corrected chi connectivity index (χ2v) is 11.0. The average molecular weight is 377 g/mol. The summed E-state index contributed by atoms with van der Waals surface area (Å²) in [6, 6.07) is 0. The summed E-state index contributed by atoms with van der Waals surface area (Å²) >= 11 is 0. The zero-order valence-corrected chi connectivity index (χ0v) is 19.5. The van der Waals surface area contributed by atoms with E-state index in [9.17, 15) is 5.11 Å². The minimum atomic E-state index is -0.130. The summed E-state index contributed by atoms with van der Waals surface area (Å²) < 4.78 is 0. The van der Waals surface area contributed by atoms with Crippen LogP contribution in [0.25, 0.3) is 0 Å². The van der Waals surface area contributed by atoms with Crippen molar-refractivity contribution in [3.05, 3.63) is 11.6 Å². The summed E-state index contributed by atoms with van der Waals surface area (Å²) in [5.74, 6) is 3.76. The second-order valence-electron chi connectivity index (χ2n) is 11.0. The van der Waals surface area contributed by atoms with E-state index in [1.165, 1.54) is 63.4 Å². The summed E-state index contributed by atoms with van der Waals surface area (Å²) in [6.45, 7) is 16.0. The van der Waals surface area contributed by atoms with E-state index in [2.05, 4.69) is 47.6 Å². The van der Waals surface area contributed by atoms with Crippen LogP contribution in [0.15, 0.2) is 11.6 Å². The van der Waals surface area contributed by atoms with Crippen molar-refractivity contribution in [1.82, 2.24) is 0 Å². The number of allylic oxidation sites excluding steroid dienone is 2. The molecule has 0 aliphatic heterocycles. The summed E-state index contributed by atoms with van der Waals surface area (Å²) in [7, 11) is 0. The lowest BCUT2D eigenvalue weighted by molar-refractivity contribution is -0.0894. The molecule has 0 aromatic heterocycles. The zero-order chi connectivity index (χ0) is 20.2. The summed E-state index contributed by atoms with van der Waals surface area (Å²) in [6.07, 6.45) is 15.8. The number of hydrogen-bond donors (Lipinski definition) is 1. The summed E-state index contributed by atoms with van der Waals surface area (Å²) in [5.41, 5.74) is 2.56. The first-order chi connectivity index (χ1) is 12.6. The molecule has 3 aliphatic rings. The van der Waals surface area contributed by atoms with Crippen molar-refractivity contribution in [3.8, 4) is 0 Å². The minimum absolute atomic E-state index is 0.130. The largest absolute Gasteiger partial charge is 0.393 e. The van der Waals surface area contributed by atoms with Gasteiger partial charge in [-0.15, -0.1) is 0 Å². The van der Waals surface area contributed by atoms with Crippen molar-refractivity contribution in [3.63, 3.8) is 0 Å². The third-order valence-corrected chi connectivity index (χ3v) is 8.84. The van der Waals surface area contributed by atoms with Gasteiger partial charge in [-0.1, -0.05) is 45.8 Å². The van der Waals surface area contributed by atoms with E-state index in [1.807, 2.05) is 6.92 Å². The number of rotatable bonds is 4. The van der Waals surface area contributed by atoms with Gasteiger partial charge in [0.15, 0.2) is 0 Å². The van der Waals surface area contributed by atoms with Gasteiger partial charge >= 0.3 is 0 Å². The van der Waals surface area contributed by atoms with Crippen molar-refractivity contribution in [2.24, 2.45) is 34.5 Å². The van der Waals surface area contributed by atoms with Crippen LogP contribution in [0, 0.1) is 34.5 Å². The van der Waals surface area contributed by atoms with Crippen LogP contribution in [-0.4, -0.2) is 11.2 Å². The van der Waals surface area contributed by atoms with Crippen molar-refractivity contribution < 1.29 is 5.11 Å². The number of aliphatic hydroxyl groups excluding tert-OH is 1. The molecule has 0 aromatic carbocycles. The molecule has 3 aliphatic carbocycles. The van der Waals surface area contributed by atoms with E-state index < -0.39 is 0 Å². The van der Waals surface area contributed by atoms with E-state index in [0.29, 0.717) is 10.8 Å². The summed E-state index contributed by atoms with van der Waals surface area (Å²) in [5, 5.41) is 9.77. The lowest BCUT2D eigenvalue weighted by atomic mass is 9.47. The fourth-order valence-corrected chi connectivity index (χ4v) is 7.00. The topological polar surface area (TPSA) is 20.2 Å². The van der Waals surface area contributed by atoms with Gasteiger partial charge in [0, 0.05) is 0 Å². The summed E-state index contributed by atoms with van der Waals surface area (Å²) in [4.78, 5) is 0. The Balaban J connectivity index is 0.000000380. The lowest BCUT2D eigenvalue weighted by Crippen LogP contribution is -2.50. The van der Waals surface area contributed by atoms with Crippen LogP contribution in [0.2, 0.25) is 0 Å². The SMILES string of the molecule is CC(O)CCC1(C)C(C)CCC2C3CCCC3(C)CCC21.CCC=C(C)C. The Labute approximate surface area is 170 Å². The van der Waals surface area contributed by atoms with Crippen LogP contribution in [0.5, 0.6) is 0 Å². The van der Waals surface area contributed by atoms with Crippen LogP contribution in [-0.2, 0) is 0 Å². The molecule has 7 unspecified atom stereocenters. The molecule has 0 heterocycles. The molecular weight excluding hydrogens is 328 g/mol. The van der Waals surface area contributed by atoms with Crippen molar-refractivity contribution in [2.75, 3.05) is 0 Å². The zero-order valence-electron chi connectivity index (χ0n) is 19.5. The van der Waals surface area contributed by atoms with E-state index in [4.69, 9.17) is 0 Å². The predicted octanol–water partition coefficient (Wildman–Crippen LogP) is 7.78. The lowest BCUT2D eigenvalue weighted by Gasteiger charge is -2.58. The maximum Gasteiger partial charge on any atom is 0.0512 e. The monoisotopic (exact) mass is 376 g/mol. The molecule has 3 rings (SSSR count). The van der Waals surface area contributed by atoms with E-state index in [-0.39, 0.29) is 6.10 Å². The fourth-order valence-electron chi connectivity index (χ4n) is 7.00. The van der Waals surface area contributed by atoms with Crippen LogP contribution in [0.1, 0.15) is 113 Å². The Bertz CT molecular complexity index is 488. The molecule has 0 radical (unpaired) electrons. The van der Waals surface area contributed by atoms with Crippen LogP contribution in [0.4, 0.5) is 0 Å². The smallest absolute Gasteiger partial charge is 0.0512 e. The highest BCUT2D eigenvalue weighted by molar-refractivity contribution is 5.05. The molecule has 1 heteroatoms. The first kappa shape index (κ1) is 23.0. The van der Waals surface area contributed by atoms with Gasteiger partial charge in [0.25, 0.3) is 0 Å². The maximum absolute atomic E-state index is 9.77. The molecule has 27 heavy (non-hydrogen) atoms. The van der Waals surface area contributed by atoms with E-state index >= 15 is 0 Å². The Morgan fingerprint density at radius 3 is 2.33 bits per heavy atom. The van der Waals surface area contributed by atoms with E-state index in [0.717, 1.165) is 30.1 Å². The fraction of sp³-hybridized carbons (Fsp3) is 0.923. The van der Waals surface area contributed by atoms with Crippen LogP contribution < -0.4 is 0 Å². The predicted molar refractivity (Wildman–Crippen MR) is 119 cm³/mol. The molecule has 3 saturated carbocycles. The highest BCUT2D eigenvalue weighted by Crippen LogP contribution is 2.64. The molecule has 0 bridgehead atoms. The highest BCUT2D eigenvalue weighted by atomic mass is 16.3. The minimum Gasteiger partial charge on any atom is -0.393 e. The van der Waals surface area contributed by atoms with Crippen LogP contribution >= 0.6 is 0 Å². The van der Waals surface area contributed by atoms with Crippen molar-refractivity contribution in [1.29, 1.82) is 0 Å². The molecule has 0 saturated heterocycles. The van der Waals surface area contributed by atoms with Gasteiger partial charge in [-0.2, -0.15) is 0 Å². The van der Waals surface area contributed by atoms with Gasteiger partial charge in [0.05, 0.1) is 6.10 Å². The van der Waals surface area contributed by atoms with Gasteiger partial charge in [-0.3, -0.25) is 0 Å². The van der Waals surface area contributed by atoms with Crippen LogP contribution in [0.3, 0.4) is 0 Å². The first-order valence-corrected chi connectivity index (χ1v) is 12.0. The average Bonchev–Trinajstić information content (AvgIpc) is 2.99. The van der Waals surface area contributed by atoms with Gasteiger partial charge in [-0.05, 0) is 113 Å². The Hall–Kier alpha value is -0.300. The third kappa shape index (κ3) is 5.20. The normalized spacial score (nSPS) is 41.6. The molecule has 7 atom stereocenters. The molecule has 158 valence electrons. The second kappa shape index (κ2) is 9.47. The van der Waals surface area contributed by atoms with Crippen molar-refractivity contribution in [2.45, 2.75) is 119 Å². The Kier molecular flexibility index (Phi) is 8.06. The van der Waals surface area contributed by atoms with Gasteiger partial charge in [0.1, 0.15) is 0 Å². The first-order valence-electron chi connectivity index (χ1n) is 12.0.